The summed E-state index contributed by atoms with van der Waals surface area (Å²) >= 11 is 0. The maximum atomic E-state index is 12.9. The van der Waals surface area contributed by atoms with E-state index in [4.69, 9.17) is 0 Å². The van der Waals surface area contributed by atoms with Gasteiger partial charge in [-0.2, -0.15) is 0 Å². The number of hydrazine groups is 1. The largest absolute Gasteiger partial charge is 0.339 e. The van der Waals surface area contributed by atoms with Gasteiger partial charge in [0.15, 0.2) is 0 Å². The lowest BCUT2D eigenvalue weighted by molar-refractivity contribution is -0.139. The lowest BCUT2D eigenvalue weighted by Crippen LogP contribution is -2.59. The van der Waals surface area contributed by atoms with Gasteiger partial charge in [-0.3, -0.25) is 19.8 Å². The molecule has 0 radical (unpaired) electrons. The molecule has 0 saturated carbocycles. The zero-order valence-corrected chi connectivity index (χ0v) is 14.7. The molecule has 0 aromatic heterocycles. The Morgan fingerprint density at radius 3 is 2.50 bits per heavy atom. The summed E-state index contributed by atoms with van der Waals surface area (Å²) in [6.07, 6.45) is 8.33. The second kappa shape index (κ2) is 6.94. The number of nitrogens with one attached hydrogen (secondary N) is 1. The molecule has 0 spiro atoms. The molecule has 4 rings (SSSR count). The molecular formula is C20H23N3O3. The Morgan fingerprint density at radius 1 is 1.00 bits per heavy atom. The Bertz CT molecular complexity index is 767. The number of fused-ring (bicyclic) bond motifs is 1. The van der Waals surface area contributed by atoms with E-state index in [0.717, 1.165) is 32.4 Å². The first kappa shape index (κ1) is 16.8. The summed E-state index contributed by atoms with van der Waals surface area (Å²) in [5, 5.41) is 1.32. The van der Waals surface area contributed by atoms with Crippen LogP contribution in [0.2, 0.25) is 0 Å². The minimum absolute atomic E-state index is 0.0131. The smallest absolute Gasteiger partial charge is 0.253 e. The van der Waals surface area contributed by atoms with Gasteiger partial charge in [-0.25, -0.2) is 5.01 Å². The standard InChI is InChI=1S/C20H23N3O3/c24-18-16-9-2-3-10-17(16)20(26)23(21-18)15-8-6-7-14(13-15)19(25)22-11-4-1-5-12-22/h2-3,6-8,13,16-17H,1,4-5,9-12H2,(H,21,24)/t16-,17+/m0/s1. The summed E-state index contributed by atoms with van der Waals surface area (Å²) in [6.45, 7) is 1.55. The van der Waals surface area contributed by atoms with Crippen LogP contribution in [0.5, 0.6) is 0 Å². The predicted octanol–water partition coefficient (Wildman–Crippen LogP) is 2.27. The minimum Gasteiger partial charge on any atom is -0.339 e. The number of allylic oxidation sites excluding steroid dienone is 2. The van der Waals surface area contributed by atoms with E-state index < -0.39 is 0 Å². The molecule has 1 aliphatic carbocycles. The van der Waals surface area contributed by atoms with Gasteiger partial charge in [0.05, 0.1) is 17.5 Å². The number of carbonyl (C=O) groups is 3. The number of anilines is 1. The normalized spacial score (nSPS) is 25.7. The van der Waals surface area contributed by atoms with E-state index in [0.29, 0.717) is 24.1 Å². The van der Waals surface area contributed by atoms with Crippen molar-refractivity contribution in [1.82, 2.24) is 10.3 Å². The van der Waals surface area contributed by atoms with Gasteiger partial charge >= 0.3 is 0 Å². The summed E-state index contributed by atoms with van der Waals surface area (Å²) < 4.78 is 0. The fourth-order valence-corrected chi connectivity index (χ4v) is 4.04. The molecule has 3 aliphatic rings. The van der Waals surface area contributed by atoms with E-state index >= 15 is 0 Å². The van der Waals surface area contributed by atoms with Crippen molar-refractivity contribution in [3.05, 3.63) is 42.0 Å². The summed E-state index contributed by atoms with van der Waals surface area (Å²) in [6, 6.07) is 6.99. The molecule has 2 fully saturated rings. The molecule has 1 aromatic rings. The van der Waals surface area contributed by atoms with Crippen molar-refractivity contribution < 1.29 is 14.4 Å². The molecule has 0 bridgehead atoms. The molecule has 6 heteroatoms. The Balaban J connectivity index is 1.58. The molecule has 1 aromatic carbocycles. The summed E-state index contributed by atoms with van der Waals surface area (Å²) in [5.41, 5.74) is 3.81. The molecule has 1 N–H and O–H groups in total. The van der Waals surface area contributed by atoms with Crippen LogP contribution in [0, 0.1) is 11.8 Å². The highest BCUT2D eigenvalue weighted by Gasteiger charge is 2.42. The van der Waals surface area contributed by atoms with Gasteiger partial charge in [-0.05, 0) is 50.3 Å². The van der Waals surface area contributed by atoms with E-state index in [1.165, 1.54) is 5.01 Å². The predicted molar refractivity (Wildman–Crippen MR) is 97.2 cm³/mol. The second-order valence-corrected chi connectivity index (χ2v) is 7.21. The third kappa shape index (κ3) is 3.00. The lowest BCUT2D eigenvalue weighted by atomic mass is 9.80. The zero-order chi connectivity index (χ0) is 18.1. The number of benzene rings is 1. The quantitative estimate of drug-likeness (QED) is 0.829. The second-order valence-electron chi connectivity index (χ2n) is 7.21. The zero-order valence-electron chi connectivity index (χ0n) is 14.7. The number of carbonyl (C=O) groups excluding carboxylic acids is 3. The molecular weight excluding hydrogens is 330 g/mol. The van der Waals surface area contributed by atoms with Gasteiger partial charge in [0, 0.05) is 18.7 Å². The monoisotopic (exact) mass is 353 g/mol. The Kier molecular flexibility index (Phi) is 4.49. The average Bonchev–Trinajstić information content (AvgIpc) is 2.71. The molecule has 3 amide bonds. The fourth-order valence-electron chi connectivity index (χ4n) is 4.04. The third-order valence-electron chi connectivity index (χ3n) is 5.52. The molecule has 0 unspecified atom stereocenters. The van der Waals surface area contributed by atoms with E-state index in [2.05, 4.69) is 5.43 Å². The third-order valence-corrected chi connectivity index (χ3v) is 5.52. The van der Waals surface area contributed by atoms with Crippen LogP contribution in [-0.2, 0) is 9.59 Å². The van der Waals surface area contributed by atoms with Gasteiger partial charge in [0.1, 0.15) is 0 Å². The van der Waals surface area contributed by atoms with Crippen LogP contribution in [-0.4, -0.2) is 35.7 Å². The summed E-state index contributed by atoms with van der Waals surface area (Å²) in [5.74, 6) is -0.869. The van der Waals surface area contributed by atoms with E-state index in [1.807, 2.05) is 17.1 Å². The van der Waals surface area contributed by atoms with Gasteiger partial charge in [0.25, 0.3) is 5.91 Å². The first-order valence-corrected chi connectivity index (χ1v) is 9.34. The molecule has 6 nitrogen and oxygen atoms in total. The molecule has 2 aliphatic heterocycles. The summed E-state index contributed by atoms with van der Waals surface area (Å²) in [4.78, 5) is 39.9. The lowest BCUT2D eigenvalue weighted by Gasteiger charge is -2.38. The van der Waals surface area contributed by atoms with Crippen molar-refractivity contribution in [3.8, 4) is 0 Å². The highest BCUT2D eigenvalue weighted by Crippen LogP contribution is 2.32. The van der Waals surface area contributed by atoms with E-state index in [9.17, 15) is 14.4 Å². The van der Waals surface area contributed by atoms with Gasteiger partial charge in [-0.1, -0.05) is 18.2 Å². The molecule has 136 valence electrons. The first-order valence-electron chi connectivity index (χ1n) is 9.34. The maximum Gasteiger partial charge on any atom is 0.253 e. The van der Waals surface area contributed by atoms with E-state index in [1.54, 1.807) is 24.3 Å². The number of nitrogens with zero attached hydrogens (tertiary/aromatic N) is 2. The van der Waals surface area contributed by atoms with Gasteiger partial charge in [-0.15, -0.1) is 0 Å². The van der Waals surface area contributed by atoms with Crippen LogP contribution in [0.15, 0.2) is 36.4 Å². The topological polar surface area (TPSA) is 69.7 Å². The number of hydrogen-bond donors (Lipinski definition) is 1. The Labute approximate surface area is 152 Å². The van der Waals surface area contributed by atoms with Crippen LogP contribution in [0.4, 0.5) is 5.69 Å². The first-order chi connectivity index (χ1) is 12.6. The van der Waals surface area contributed by atoms with Crippen molar-refractivity contribution in [3.63, 3.8) is 0 Å². The Hall–Kier alpha value is -2.63. The summed E-state index contributed by atoms with van der Waals surface area (Å²) in [7, 11) is 0. The number of rotatable bonds is 2. The molecule has 2 heterocycles. The molecule has 2 saturated heterocycles. The number of piperidine rings is 1. The molecule has 2 atom stereocenters. The van der Waals surface area contributed by atoms with Crippen molar-refractivity contribution in [2.24, 2.45) is 11.8 Å². The van der Waals surface area contributed by atoms with Crippen LogP contribution in [0.3, 0.4) is 0 Å². The number of hydrogen-bond acceptors (Lipinski definition) is 3. The molecule has 26 heavy (non-hydrogen) atoms. The minimum atomic E-state index is -0.324. The number of amides is 3. The van der Waals surface area contributed by atoms with Crippen molar-refractivity contribution >= 4 is 23.4 Å². The fraction of sp³-hybridized carbons (Fsp3) is 0.450. The van der Waals surface area contributed by atoms with E-state index in [-0.39, 0.29) is 29.6 Å². The van der Waals surface area contributed by atoms with Crippen LogP contribution < -0.4 is 10.4 Å². The SMILES string of the molecule is O=C1NN(c2cccc(C(=O)N3CCCCC3)c2)C(=O)[C@@H]2CC=CC[C@H]12. The Morgan fingerprint density at radius 2 is 1.73 bits per heavy atom. The average molecular weight is 353 g/mol. The van der Waals surface area contributed by atoms with Crippen LogP contribution in [0.1, 0.15) is 42.5 Å². The number of likely N-dealkylation sites (tertiary alicyclic amines) is 1. The highest BCUT2D eigenvalue weighted by atomic mass is 16.2. The van der Waals surface area contributed by atoms with Crippen LogP contribution in [0.25, 0.3) is 0 Å². The van der Waals surface area contributed by atoms with Crippen molar-refractivity contribution in [2.45, 2.75) is 32.1 Å². The van der Waals surface area contributed by atoms with Crippen molar-refractivity contribution in [1.29, 1.82) is 0 Å². The van der Waals surface area contributed by atoms with Crippen molar-refractivity contribution in [2.75, 3.05) is 18.1 Å². The maximum absolute atomic E-state index is 12.9. The van der Waals surface area contributed by atoms with Gasteiger partial charge < -0.3 is 4.90 Å². The van der Waals surface area contributed by atoms with Crippen LogP contribution >= 0.6 is 0 Å². The highest BCUT2D eigenvalue weighted by molar-refractivity contribution is 6.05. The van der Waals surface area contributed by atoms with Gasteiger partial charge in [0.2, 0.25) is 11.8 Å².